The van der Waals surface area contributed by atoms with Crippen LogP contribution in [0.25, 0.3) is 0 Å². The Hall–Kier alpha value is -2.60. The van der Waals surface area contributed by atoms with Gasteiger partial charge in [0.2, 0.25) is 0 Å². The van der Waals surface area contributed by atoms with E-state index >= 15 is 0 Å². The molecule has 0 aliphatic heterocycles. The zero-order valence-corrected chi connectivity index (χ0v) is 16.0. The minimum absolute atomic E-state index is 0.00541. The third-order valence-electron chi connectivity index (χ3n) is 4.22. The van der Waals surface area contributed by atoms with E-state index in [0.717, 1.165) is 36.6 Å². The number of nitrogens with zero attached hydrogens (tertiary/aromatic N) is 2. The van der Waals surface area contributed by atoms with Gasteiger partial charge in [-0.25, -0.2) is 8.78 Å². The van der Waals surface area contributed by atoms with Crippen LogP contribution >= 0.6 is 0 Å². The average molecular weight is 374 g/mol. The van der Waals surface area contributed by atoms with Crippen LogP contribution in [0.4, 0.5) is 14.5 Å². The Labute approximate surface area is 158 Å². The maximum absolute atomic E-state index is 14.1. The van der Waals surface area contributed by atoms with Crippen LogP contribution in [0.15, 0.2) is 47.6 Å². The van der Waals surface area contributed by atoms with Crippen molar-refractivity contribution in [3.8, 4) is 0 Å². The van der Waals surface area contributed by atoms with Crippen molar-refractivity contribution in [1.82, 2.24) is 0 Å². The van der Waals surface area contributed by atoms with E-state index in [0.29, 0.717) is 5.69 Å². The molecule has 1 amide bonds. The van der Waals surface area contributed by atoms with Crippen LogP contribution in [-0.4, -0.2) is 24.8 Å². The summed E-state index contributed by atoms with van der Waals surface area (Å²) >= 11 is 0. The zero-order valence-electron chi connectivity index (χ0n) is 16.0. The first kappa shape index (κ1) is 20.7. The van der Waals surface area contributed by atoms with E-state index in [2.05, 4.69) is 5.10 Å². The molecule has 0 radical (unpaired) electrons. The van der Waals surface area contributed by atoms with Crippen LogP contribution in [0.5, 0.6) is 0 Å². The molecule has 0 saturated carbocycles. The van der Waals surface area contributed by atoms with Crippen molar-refractivity contribution in [2.45, 2.75) is 39.7 Å². The van der Waals surface area contributed by atoms with Gasteiger partial charge in [0, 0.05) is 12.7 Å². The van der Waals surface area contributed by atoms with Gasteiger partial charge in [0.05, 0.1) is 11.4 Å². The van der Waals surface area contributed by atoms with Gasteiger partial charge in [0.25, 0.3) is 5.91 Å². The second-order valence-corrected chi connectivity index (χ2v) is 6.22. The topological polar surface area (TPSA) is 41.9 Å². The van der Waals surface area contributed by atoms with Gasteiger partial charge in [0.15, 0.2) is 0 Å². The SMILES string of the molecule is CCCc1ccccc1N(/N=C(\C)c1cc(F)ccc1F)C(=O)C(C)OC. The van der Waals surface area contributed by atoms with Gasteiger partial charge in [0.1, 0.15) is 17.7 Å². The number of hydrogen-bond acceptors (Lipinski definition) is 3. The van der Waals surface area contributed by atoms with Crippen molar-refractivity contribution >= 4 is 17.3 Å². The highest BCUT2D eigenvalue weighted by molar-refractivity contribution is 6.04. The predicted octanol–water partition coefficient (Wildman–Crippen LogP) is 4.71. The van der Waals surface area contributed by atoms with E-state index in [4.69, 9.17) is 4.74 Å². The molecule has 4 nitrogen and oxygen atoms in total. The third-order valence-corrected chi connectivity index (χ3v) is 4.22. The molecule has 0 bridgehead atoms. The molecule has 27 heavy (non-hydrogen) atoms. The number of rotatable bonds is 7. The van der Waals surface area contributed by atoms with Crippen LogP contribution in [0.1, 0.15) is 38.3 Å². The number of amides is 1. The molecule has 2 rings (SSSR count). The van der Waals surface area contributed by atoms with E-state index in [1.54, 1.807) is 19.1 Å². The molecular formula is C21H24F2N2O2. The summed E-state index contributed by atoms with van der Waals surface area (Å²) < 4.78 is 32.8. The minimum Gasteiger partial charge on any atom is -0.372 e. The van der Waals surface area contributed by atoms with Gasteiger partial charge in [-0.3, -0.25) is 4.79 Å². The number of hydrogen-bond donors (Lipinski definition) is 0. The highest BCUT2D eigenvalue weighted by Gasteiger charge is 2.24. The quantitative estimate of drug-likeness (QED) is 0.520. The molecule has 0 fully saturated rings. The number of hydrazone groups is 1. The standard InChI is InChI=1S/C21H24F2N2O2/c1-5-8-16-9-6-7-10-20(16)25(21(26)15(3)27-4)24-14(2)18-13-17(22)11-12-19(18)23/h6-7,9-13,15H,5,8H2,1-4H3/b24-14+. The molecule has 0 N–H and O–H groups in total. The second kappa shape index (κ2) is 9.37. The molecule has 2 aromatic carbocycles. The number of benzene rings is 2. The van der Waals surface area contributed by atoms with E-state index in [-0.39, 0.29) is 11.3 Å². The number of para-hydroxylation sites is 1. The maximum atomic E-state index is 14.1. The summed E-state index contributed by atoms with van der Waals surface area (Å²) in [5, 5.41) is 5.57. The lowest BCUT2D eigenvalue weighted by Crippen LogP contribution is -2.36. The molecule has 0 aromatic heterocycles. The molecular weight excluding hydrogens is 350 g/mol. The molecule has 0 spiro atoms. The first-order valence-corrected chi connectivity index (χ1v) is 8.84. The van der Waals surface area contributed by atoms with Crippen molar-refractivity contribution in [3.05, 3.63) is 65.2 Å². The first-order valence-electron chi connectivity index (χ1n) is 8.84. The summed E-state index contributed by atoms with van der Waals surface area (Å²) in [5.74, 6) is -1.57. The second-order valence-electron chi connectivity index (χ2n) is 6.22. The van der Waals surface area contributed by atoms with E-state index < -0.39 is 23.6 Å². The number of carbonyl (C=O) groups is 1. The Balaban J connectivity index is 2.57. The summed E-state index contributed by atoms with van der Waals surface area (Å²) in [6.45, 7) is 5.20. The third kappa shape index (κ3) is 4.98. The number of carbonyl (C=O) groups excluding carboxylic acids is 1. The lowest BCUT2D eigenvalue weighted by molar-refractivity contribution is -0.127. The highest BCUT2D eigenvalue weighted by atomic mass is 19.1. The number of ether oxygens (including phenoxy) is 1. The summed E-state index contributed by atoms with van der Waals surface area (Å²) in [7, 11) is 1.43. The fraction of sp³-hybridized carbons (Fsp3) is 0.333. The minimum atomic E-state index is -0.742. The largest absolute Gasteiger partial charge is 0.372 e. The lowest BCUT2D eigenvalue weighted by Gasteiger charge is -2.24. The van der Waals surface area contributed by atoms with Gasteiger partial charge in [-0.1, -0.05) is 31.5 Å². The van der Waals surface area contributed by atoms with Gasteiger partial charge in [-0.05, 0) is 50.1 Å². The van der Waals surface area contributed by atoms with Crippen LogP contribution < -0.4 is 5.01 Å². The van der Waals surface area contributed by atoms with Crippen molar-refractivity contribution < 1.29 is 18.3 Å². The Morgan fingerprint density at radius 1 is 1.22 bits per heavy atom. The predicted molar refractivity (Wildman–Crippen MR) is 103 cm³/mol. The van der Waals surface area contributed by atoms with Crippen LogP contribution in [-0.2, 0) is 16.0 Å². The smallest absolute Gasteiger partial charge is 0.276 e. The zero-order chi connectivity index (χ0) is 20.0. The van der Waals surface area contributed by atoms with Crippen molar-refractivity contribution in [2.24, 2.45) is 5.10 Å². The summed E-state index contributed by atoms with van der Waals surface area (Å²) in [6, 6.07) is 10.5. The maximum Gasteiger partial charge on any atom is 0.276 e. The van der Waals surface area contributed by atoms with Crippen LogP contribution in [0.3, 0.4) is 0 Å². The molecule has 2 aromatic rings. The molecule has 0 heterocycles. The Morgan fingerprint density at radius 2 is 1.93 bits per heavy atom. The summed E-state index contributed by atoms with van der Waals surface area (Å²) in [4.78, 5) is 12.9. The lowest BCUT2D eigenvalue weighted by atomic mass is 10.1. The Kier molecular flexibility index (Phi) is 7.19. The van der Waals surface area contributed by atoms with Crippen LogP contribution in [0, 0.1) is 11.6 Å². The van der Waals surface area contributed by atoms with Gasteiger partial charge >= 0.3 is 0 Å². The molecule has 1 atom stereocenters. The monoisotopic (exact) mass is 374 g/mol. The number of aryl methyl sites for hydroxylation is 1. The highest BCUT2D eigenvalue weighted by Crippen LogP contribution is 2.24. The van der Waals surface area contributed by atoms with Gasteiger partial charge in [-0.15, -0.1) is 0 Å². The summed E-state index contributed by atoms with van der Waals surface area (Å²) in [6.07, 6.45) is 0.901. The first-order chi connectivity index (χ1) is 12.9. The van der Waals surface area contributed by atoms with Crippen molar-refractivity contribution in [3.63, 3.8) is 0 Å². The Bertz CT molecular complexity index is 837. The number of anilines is 1. The molecule has 0 aliphatic carbocycles. The fourth-order valence-electron chi connectivity index (χ4n) is 2.67. The number of methoxy groups -OCH3 is 1. The van der Waals surface area contributed by atoms with Crippen molar-refractivity contribution in [1.29, 1.82) is 0 Å². The van der Waals surface area contributed by atoms with E-state index in [9.17, 15) is 13.6 Å². The van der Waals surface area contributed by atoms with Gasteiger partial charge < -0.3 is 4.74 Å². The molecule has 0 aliphatic rings. The van der Waals surface area contributed by atoms with Crippen LogP contribution in [0.2, 0.25) is 0 Å². The normalized spacial score (nSPS) is 12.7. The molecule has 0 saturated heterocycles. The summed E-state index contributed by atoms with van der Waals surface area (Å²) in [5.41, 5.74) is 1.73. The number of halogens is 2. The molecule has 144 valence electrons. The Morgan fingerprint density at radius 3 is 2.59 bits per heavy atom. The molecule has 6 heteroatoms. The van der Waals surface area contributed by atoms with E-state index in [1.807, 2.05) is 19.1 Å². The van der Waals surface area contributed by atoms with E-state index in [1.165, 1.54) is 19.0 Å². The van der Waals surface area contributed by atoms with Crippen molar-refractivity contribution in [2.75, 3.05) is 12.1 Å². The molecule has 1 unspecified atom stereocenters. The average Bonchev–Trinajstić information content (AvgIpc) is 2.67. The fourth-order valence-corrected chi connectivity index (χ4v) is 2.67. The van der Waals surface area contributed by atoms with Gasteiger partial charge in [-0.2, -0.15) is 10.1 Å².